The molecule has 2 aliphatic rings. The Morgan fingerprint density at radius 1 is 1.19 bits per heavy atom. The summed E-state index contributed by atoms with van der Waals surface area (Å²) in [5, 5.41) is 10.6. The first kappa shape index (κ1) is 17.4. The summed E-state index contributed by atoms with van der Waals surface area (Å²) in [6.07, 6.45) is 2.93. The highest BCUT2D eigenvalue weighted by Gasteiger charge is 2.48. The lowest BCUT2D eigenvalue weighted by Gasteiger charge is -2.39. The number of ether oxygens (including phenoxy) is 1. The van der Waals surface area contributed by atoms with Crippen molar-refractivity contribution in [3.05, 3.63) is 30.3 Å². The number of methoxy groups -OCH3 is 1. The molecule has 1 atom stereocenters. The van der Waals surface area contributed by atoms with Crippen molar-refractivity contribution in [2.45, 2.75) is 19.3 Å². The van der Waals surface area contributed by atoms with Crippen molar-refractivity contribution in [2.24, 2.45) is 5.41 Å². The van der Waals surface area contributed by atoms with Crippen molar-refractivity contribution in [1.29, 1.82) is 0 Å². The molecule has 1 aromatic heterocycles. The lowest BCUT2D eigenvalue weighted by Crippen LogP contribution is -2.50. The van der Waals surface area contributed by atoms with Crippen molar-refractivity contribution >= 4 is 22.4 Å². The third-order valence-electron chi connectivity index (χ3n) is 5.45. The van der Waals surface area contributed by atoms with E-state index in [-0.39, 0.29) is 11.3 Å². The maximum atomic E-state index is 13.1. The minimum atomic E-state index is -0.259. The Morgan fingerprint density at radius 2 is 2.04 bits per heavy atom. The van der Waals surface area contributed by atoms with Crippen LogP contribution in [0.2, 0.25) is 0 Å². The van der Waals surface area contributed by atoms with Gasteiger partial charge < -0.3 is 14.5 Å². The van der Waals surface area contributed by atoms with E-state index in [1.165, 1.54) is 0 Å². The van der Waals surface area contributed by atoms with Gasteiger partial charge in [-0.3, -0.25) is 4.79 Å². The molecular formula is C19H24N4O2S. The fraction of sp³-hybridized carbons (Fsp3) is 0.526. The molecule has 0 saturated carbocycles. The van der Waals surface area contributed by atoms with Gasteiger partial charge in [0.15, 0.2) is 0 Å². The number of amides is 1. The number of piperidine rings is 1. The Labute approximate surface area is 157 Å². The van der Waals surface area contributed by atoms with Crippen LogP contribution in [0.3, 0.4) is 0 Å². The average Bonchev–Trinajstić information content (AvgIpc) is 3.32. The molecule has 1 spiro atoms. The SMILES string of the molecule is COCCN1CCC[C@@]2(CCN(c3nnc(-c4ccccc4)s3)C2)C1=O. The molecular weight excluding hydrogens is 348 g/mol. The number of carbonyl (C=O) groups is 1. The first-order valence-corrected chi connectivity index (χ1v) is 9.96. The number of carbonyl (C=O) groups excluding carboxylic acids is 1. The van der Waals surface area contributed by atoms with Crippen LogP contribution < -0.4 is 4.90 Å². The number of benzene rings is 1. The standard InChI is InChI=1S/C19H24N4O2S/c1-25-13-12-22-10-5-8-19(17(22)24)9-11-23(14-19)18-21-20-16(26-18)15-6-3-2-4-7-15/h2-4,6-7H,5,8-14H2,1H3/t19-/m0/s1. The zero-order valence-corrected chi connectivity index (χ0v) is 15.9. The van der Waals surface area contributed by atoms with Crippen LogP contribution in [-0.4, -0.2) is 60.9 Å². The number of rotatable bonds is 5. The van der Waals surface area contributed by atoms with Crippen molar-refractivity contribution < 1.29 is 9.53 Å². The van der Waals surface area contributed by atoms with Crippen molar-refractivity contribution in [1.82, 2.24) is 15.1 Å². The Bertz CT molecular complexity index is 766. The fourth-order valence-corrected chi connectivity index (χ4v) is 4.90. The molecule has 0 unspecified atom stereocenters. The van der Waals surface area contributed by atoms with E-state index in [0.29, 0.717) is 13.2 Å². The van der Waals surface area contributed by atoms with Gasteiger partial charge in [-0.1, -0.05) is 41.7 Å². The third-order valence-corrected chi connectivity index (χ3v) is 6.48. The summed E-state index contributed by atoms with van der Waals surface area (Å²) in [6.45, 7) is 3.75. The first-order valence-electron chi connectivity index (χ1n) is 9.14. The largest absolute Gasteiger partial charge is 0.383 e. The van der Waals surface area contributed by atoms with Gasteiger partial charge in [0, 0.05) is 38.9 Å². The van der Waals surface area contributed by atoms with Crippen LogP contribution in [0.25, 0.3) is 10.6 Å². The number of aromatic nitrogens is 2. The topological polar surface area (TPSA) is 58.6 Å². The van der Waals surface area contributed by atoms with Gasteiger partial charge in [-0.25, -0.2) is 0 Å². The Hall–Kier alpha value is -1.99. The van der Waals surface area contributed by atoms with Gasteiger partial charge in [-0.2, -0.15) is 0 Å². The Morgan fingerprint density at radius 3 is 2.85 bits per heavy atom. The summed E-state index contributed by atoms with van der Waals surface area (Å²) >= 11 is 1.61. The Balaban J connectivity index is 1.48. The molecule has 7 heteroatoms. The number of anilines is 1. The van der Waals surface area contributed by atoms with Gasteiger partial charge in [-0.05, 0) is 19.3 Å². The lowest BCUT2D eigenvalue weighted by atomic mass is 9.78. The van der Waals surface area contributed by atoms with Crippen LogP contribution >= 0.6 is 11.3 Å². The molecule has 26 heavy (non-hydrogen) atoms. The van der Waals surface area contributed by atoms with Crippen LogP contribution in [0, 0.1) is 5.41 Å². The third kappa shape index (κ3) is 3.21. The molecule has 1 aromatic carbocycles. The smallest absolute Gasteiger partial charge is 0.230 e. The molecule has 2 aromatic rings. The van der Waals surface area contributed by atoms with Gasteiger partial charge in [0.25, 0.3) is 0 Å². The molecule has 6 nitrogen and oxygen atoms in total. The molecule has 2 aliphatic heterocycles. The summed E-state index contributed by atoms with van der Waals surface area (Å²) in [5.74, 6) is 0.288. The molecule has 0 N–H and O–H groups in total. The Kier molecular flexibility index (Phi) is 4.91. The van der Waals surface area contributed by atoms with Crippen molar-refractivity contribution in [3.63, 3.8) is 0 Å². The molecule has 2 saturated heterocycles. The van der Waals surface area contributed by atoms with E-state index >= 15 is 0 Å². The monoisotopic (exact) mass is 372 g/mol. The van der Waals surface area contributed by atoms with Crippen LogP contribution in [0.1, 0.15) is 19.3 Å². The molecule has 3 heterocycles. The van der Waals surface area contributed by atoms with Gasteiger partial charge >= 0.3 is 0 Å². The lowest BCUT2D eigenvalue weighted by molar-refractivity contribution is -0.145. The summed E-state index contributed by atoms with van der Waals surface area (Å²) in [5.41, 5.74) is 0.828. The van der Waals surface area contributed by atoms with Crippen molar-refractivity contribution in [2.75, 3.05) is 44.8 Å². The number of hydrogen-bond donors (Lipinski definition) is 0. The molecule has 0 radical (unpaired) electrons. The van der Waals surface area contributed by atoms with E-state index in [4.69, 9.17) is 4.74 Å². The predicted molar refractivity (Wildman–Crippen MR) is 102 cm³/mol. The van der Waals surface area contributed by atoms with E-state index in [2.05, 4.69) is 15.1 Å². The quantitative estimate of drug-likeness (QED) is 0.808. The summed E-state index contributed by atoms with van der Waals surface area (Å²) in [4.78, 5) is 17.3. The highest BCUT2D eigenvalue weighted by atomic mass is 32.1. The maximum Gasteiger partial charge on any atom is 0.230 e. The summed E-state index contributed by atoms with van der Waals surface area (Å²) in [7, 11) is 1.68. The molecule has 0 bridgehead atoms. The highest BCUT2D eigenvalue weighted by molar-refractivity contribution is 7.18. The fourth-order valence-electron chi connectivity index (χ4n) is 4.02. The highest BCUT2D eigenvalue weighted by Crippen LogP contribution is 2.42. The molecule has 138 valence electrons. The number of likely N-dealkylation sites (tertiary alicyclic amines) is 1. The molecule has 0 aliphatic carbocycles. The number of nitrogens with zero attached hydrogens (tertiary/aromatic N) is 4. The maximum absolute atomic E-state index is 13.1. The van der Waals surface area contributed by atoms with E-state index < -0.39 is 0 Å². The van der Waals surface area contributed by atoms with Crippen LogP contribution in [0.15, 0.2) is 30.3 Å². The van der Waals surface area contributed by atoms with E-state index in [0.717, 1.165) is 54.6 Å². The second-order valence-electron chi connectivity index (χ2n) is 7.10. The number of hydrogen-bond acceptors (Lipinski definition) is 6. The molecule has 4 rings (SSSR count). The average molecular weight is 372 g/mol. The van der Waals surface area contributed by atoms with E-state index in [1.54, 1.807) is 18.4 Å². The van der Waals surface area contributed by atoms with Gasteiger partial charge in [0.1, 0.15) is 5.01 Å². The predicted octanol–water partition coefficient (Wildman–Crippen LogP) is 2.67. The molecule has 2 fully saturated rings. The molecule has 1 amide bonds. The van der Waals surface area contributed by atoms with Crippen LogP contribution in [0.4, 0.5) is 5.13 Å². The van der Waals surface area contributed by atoms with E-state index in [9.17, 15) is 4.79 Å². The first-order chi connectivity index (χ1) is 12.7. The van der Waals surface area contributed by atoms with Crippen molar-refractivity contribution in [3.8, 4) is 10.6 Å². The summed E-state index contributed by atoms with van der Waals surface area (Å²) < 4.78 is 5.16. The second-order valence-corrected chi connectivity index (χ2v) is 8.05. The van der Waals surface area contributed by atoms with E-state index in [1.807, 2.05) is 35.2 Å². The van der Waals surface area contributed by atoms with Crippen LogP contribution in [0.5, 0.6) is 0 Å². The van der Waals surface area contributed by atoms with Gasteiger partial charge in [0.2, 0.25) is 11.0 Å². The minimum Gasteiger partial charge on any atom is -0.383 e. The summed E-state index contributed by atoms with van der Waals surface area (Å²) in [6, 6.07) is 10.1. The minimum absolute atomic E-state index is 0.259. The normalized spacial score (nSPS) is 23.2. The zero-order chi connectivity index (χ0) is 18.0. The van der Waals surface area contributed by atoms with Gasteiger partial charge in [-0.15, -0.1) is 10.2 Å². The second kappa shape index (κ2) is 7.32. The van der Waals surface area contributed by atoms with Crippen LogP contribution in [-0.2, 0) is 9.53 Å². The zero-order valence-electron chi connectivity index (χ0n) is 15.1. The van der Waals surface area contributed by atoms with Gasteiger partial charge in [0.05, 0.1) is 12.0 Å².